The van der Waals surface area contributed by atoms with Crippen LogP contribution in [0.1, 0.15) is 6.92 Å². The van der Waals surface area contributed by atoms with Gasteiger partial charge in [0.05, 0.1) is 10.8 Å². The van der Waals surface area contributed by atoms with E-state index in [4.69, 9.17) is 16.7 Å². The van der Waals surface area contributed by atoms with Crippen LogP contribution < -0.4 is 15.2 Å². The average Bonchev–Trinajstić information content (AvgIpc) is 2.29. The van der Waals surface area contributed by atoms with E-state index < -0.39 is 25.8 Å². The minimum atomic E-state index is -3.88. The lowest BCUT2D eigenvalue weighted by atomic mass is 10.4. The van der Waals surface area contributed by atoms with E-state index in [1.165, 1.54) is 6.07 Å². The van der Waals surface area contributed by atoms with Crippen LogP contribution in [0.25, 0.3) is 0 Å². The molecular weight excluding hydrogens is 328 g/mol. The van der Waals surface area contributed by atoms with Crippen LogP contribution in [0.15, 0.2) is 17.2 Å². The quantitative estimate of drug-likeness (QED) is 0.625. The molecule has 0 amide bonds. The number of hydrogen-bond acceptors (Lipinski definition) is 6. The third-order valence-corrected chi connectivity index (χ3v) is 4.64. The van der Waals surface area contributed by atoms with Crippen LogP contribution in [-0.4, -0.2) is 40.7 Å². The first kappa shape index (κ1) is 17.1. The van der Waals surface area contributed by atoms with Gasteiger partial charge in [-0.2, -0.15) is 0 Å². The van der Waals surface area contributed by atoms with Gasteiger partial charge in [-0.3, -0.25) is 0 Å². The molecule has 20 heavy (non-hydrogen) atoms. The van der Waals surface area contributed by atoms with E-state index >= 15 is 0 Å². The second kappa shape index (κ2) is 6.68. The molecule has 0 atom stereocenters. The maximum Gasteiger partial charge on any atom is 0.242 e. The average molecular weight is 343 g/mol. The minimum absolute atomic E-state index is 0.154. The lowest BCUT2D eigenvalue weighted by Gasteiger charge is -2.09. The largest absolute Gasteiger partial charge is 0.369 e. The molecule has 11 heteroatoms. The molecule has 0 unspecified atom stereocenters. The third kappa shape index (κ3) is 5.21. The van der Waals surface area contributed by atoms with Crippen molar-refractivity contribution in [3.8, 4) is 0 Å². The molecule has 114 valence electrons. The summed E-state index contributed by atoms with van der Waals surface area (Å²) in [6.07, 6.45) is 1.13. The van der Waals surface area contributed by atoms with Gasteiger partial charge in [0.2, 0.25) is 20.0 Å². The van der Waals surface area contributed by atoms with Gasteiger partial charge in [-0.05, 0) is 13.0 Å². The summed E-state index contributed by atoms with van der Waals surface area (Å²) in [6.45, 7) is 2.11. The van der Waals surface area contributed by atoms with Crippen LogP contribution in [0.2, 0.25) is 5.02 Å². The summed E-state index contributed by atoms with van der Waals surface area (Å²) in [4.78, 5) is 3.73. The van der Waals surface area contributed by atoms with Crippen molar-refractivity contribution in [2.24, 2.45) is 5.14 Å². The Morgan fingerprint density at radius 3 is 2.50 bits per heavy atom. The normalized spacial score (nSPS) is 12.3. The molecule has 0 saturated carbocycles. The van der Waals surface area contributed by atoms with Crippen molar-refractivity contribution in [2.75, 3.05) is 24.2 Å². The van der Waals surface area contributed by atoms with Crippen molar-refractivity contribution in [3.63, 3.8) is 0 Å². The molecule has 0 aliphatic rings. The zero-order valence-electron chi connectivity index (χ0n) is 10.6. The molecule has 1 rings (SSSR count). The van der Waals surface area contributed by atoms with Crippen LogP contribution in [0.5, 0.6) is 0 Å². The highest BCUT2D eigenvalue weighted by molar-refractivity contribution is 7.90. The van der Waals surface area contributed by atoms with Crippen LogP contribution in [0.3, 0.4) is 0 Å². The lowest BCUT2D eigenvalue weighted by Crippen LogP contribution is -2.31. The second-order valence-corrected chi connectivity index (χ2v) is 7.70. The predicted molar refractivity (Wildman–Crippen MR) is 76.6 cm³/mol. The van der Waals surface area contributed by atoms with E-state index in [1.54, 1.807) is 0 Å². The Balaban J connectivity index is 2.85. The summed E-state index contributed by atoms with van der Waals surface area (Å²) < 4.78 is 47.3. The Bertz CT molecular complexity index is 675. The Morgan fingerprint density at radius 1 is 1.35 bits per heavy atom. The van der Waals surface area contributed by atoms with Gasteiger partial charge in [0, 0.05) is 19.3 Å². The first-order valence-electron chi connectivity index (χ1n) is 5.55. The number of hydrogen-bond donors (Lipinski definition) is 3. The number of nitrogens with two attached hydrogens (primary N) is 1. The molecule has 0 aliphatic heterocycles. The summed E-state index contributed by atoms with van der Waals surface area (Å²) in [5, 5.41) is 7.79. The van der Waals surface area contributed by atoms with Gasteiger partial charge in [0.25, 0.3) is 0 Å². The second-order valence-electron chi connectivity index (χ2n) is 3.80. The van der Waals surface area contributed by atoms with Crippen LogP contribution in [0.4, 0.5) is 5.82 Å². The highest BCUT2D eigenvalue weighted by Crippen LogP contribution is 2.22. The molecule has 0 bridgehead atoms. The minimum Gasteiger partial charge on any atom is -0.369 e. The van der Waals surface area contributed by atoms with Gasteiger partial charge >= 0.3 is 0 Å². The maximum atomic E-state index is 11.9. The standard InChI is InChI=1S/C9H15ClN4O4S2/c1-2-12-9-8(10)5-7(6-13-9)20(17,18)14-3-4-19(11,15)16/h5-6,14H,2-4H2,1H3,(H,12,13)(H2,11,15,16). The fraction of sp³-hybridized carbons (Fsp3) is 0.444. The fourth-order valence-corrected chi connectivity index (χ4v) is 3.08. The lowest BCUT2D eigenvalue weighted by molar-refractivity contribution is 0.581. The Labute approximate surface area is 122 Å². The molecule has 1 aromatic heterocycles. The number of anilines is 1. The van der Waals surface area contributed by atoms with Crippen molar-refractivity contribution in [3.05, 3.63) is 17.3 Å². The Morgan fingerprint density at radius 2 is 2.00 bits per heavy atom. The Hall–Kier alpha value is -0.940. The third-order valence-electron chi connectivity index (χ3n) is 2.15. The van der Waals surface area contributed by atoms with Gasteiger partial charge in [-0.1, -0.05) is 11.6 Å². The van der Waals surface area contributed by atoms with Crippen molar-refractivity contribution < 1.29 is 16.8 Å². The van der Waals surface area contributed by atoms with E-state index in [1.807, 2.05) is 6.92 Å². The highest BCUT2D eigenvalue weighted by Gasteiger charge is 2.17. The SMILES string of the molecule is CCNc1ncc(S(=O)(=O)NCCS(N)(=O)=O)cc1Cl. The first-order chi connectivity index (χ1) is 9.15. The van der Waals surface area contributed by atoms with Gasteiger partial charge in [0.15, 0.2) is 0 Å². The van der Waals surface area contributed by atoms with Gasteiger partial charge in [-0.25, -0.2) is 31.7 Å². The molecule has 0 radical (unpaired) electrons. The van der Waals surface area contributed by atoms with Crippen molar-refractivity contribution in [1.29, 1.82) is 0 Å². The van der Waals surface area contributed by atoms with E-state index in [9.17, 15) is 16.8 Å². The van der Waals surface area contributed by atoms with Crippen molar-refractivity contribution in [1.82, 2.24) is 9.71 Å². The van der Waals surface area contributed by atoms with E-state index in [0.29, 0.717) is 12.4 Å². The van der Waals surface area contributed by atoms with E-state index in [0.717, 1.165) is 6.20 Å². The molecule has 0 spiro atoms. The molecular formula is C9H15ClN4O4S2. The summed E-state index contributed by atoms with van der Waals surface area (Å²) in [7, 11) is -7.61. The monoisotopic (exact) mass is 342 g/mol. The van der Waals surface area contributed by atoms with Gasteiger partial charge in [0.1, 0.15) is 10.7 Å². The number of halogens is 1. The molecule has 1 heterocycles. The molecule has 8 nitrogen and oxygen atoms in total. The van der Waals surface area contributed by atoms with Crippen LogP contribution in [0, 0.1) is 0 Å². The highest BCUT2D eigenvalue weighted by atomic mass is 35.5. The van der Waals surface area contributed by atoms with E-state index in [-0.39, 0.29) is 16.5 Å². The summed E-state index contributed by atoms with van der Waals surface area (Å²) >= 11 is 5.89. The zero-order chi connectivity index (χ0) is 15.4. The predicted octanol–water partition coefficient (Wildman–Crippen LogP) is -0.266. The molecule has 0 fully saturated rings. The smallest absolute Gasteiger partial charge is 0.242 e. The first-order valence-corrected chi connectivity index (χ1v) is 9.13. The number of nitrogens with zero attached hydrogens (tertiary/aromatic N) is 1. The maximum absolute atomic E-state index is 11.9. The Kier molecular flexibility index (Phi) is 5.71. The zero-order valence-corrected chi connectivity index (χ0v) is 13.0. The molecule has 0 aromatic carbocycles. The number of primary sulfonamides is 1. The number of rotatable bonds is 7. The molecule has 0 saturated heterocycles. The number of aromatic nitrogens is 1. The van der Waals surface area contributed by atoms with Crippen molar-refractivity contribution in [2.45, 2.75) is 11.8 Å². The topological polar surface area (TPSA) is 131 Å². The van der Waals surface area contributed by atoms with Crippen molar-refractivity contribution >= 4 is 37.5 Å². The summed E-state index contributed by atoms with van der Waals surface area (Å²) in [5.74, 6) is -0.124. The molecule has 0 aliphatic carbocycles. The fourth-order valence-electron chi connectivity index (χ4n) is 1.27. The number of nitrogens with one attached hydrogen (secondary N) is 2. The molecule has 1 aromatic rings. The summed E-state index contributed by atoms with van der Waals surface area (Å²) in [5.41, 5.74) is 0. The summed E-state index contributed by atoms with van der Waals surface area (Å²) in [6, 6.07) is 1.23. The van der Waals surface area contributed by atoms with Gasteiger partial charge < -0.3 is 5.32 Å². The van der Waals surface area contributed by atoms with Crippen LogP contribution >= 0.6 is 11.6 Å². The molecule has 4 N–H and O–H groups in total. The van der Waals surface area contributed by atoms with Crippen LogP contribution in [-0.2, 0) is 20.0 Å². The van der Waals surface area contributed by atoms with Gasteiger partial charge in [-0.15, -0.1) is 0 Å². The number of sulfonamides is 2. The number of pyridine rings is 1. The van der Waals surface area contributed by atoms with E-state index in [2.05, 4.69) is 15.0 Å².